The summed E-state index contributed by atoms with van der Waals surface area (Å²) in [7, 11) is 0. The maximum Gasteiger partial charge on any atom is 0.315 e. The Kier molecular flexibility index (Phi) is 6.35. The predicted octanol–water partition coefficient (Wildman–Crippen LogP) is 2.24. The zero-order chi connectivity index (χ0) is 19.8. The fourth-order valence-corrected chi connectivity index (χ4v) is 2.64. The van der Waals surface area contributed by atoms with Crippen molar-refractivity contribution in [3.63, 3.8) is 0 Å². The molecule has 3 amide bonds. The number of imidazole rings is 1. The standard InChI is InChI=1S/C20H20FN5O2/c21-17-7-3-2-6-16(17)19(27)23-9-10-24-20(28)25-13-15-5-1-4-8-18(15)26-12-11-22-14-26/h1-8,11-12,14H,9-10,13H2,(H,23,27)(H2,24,25,28). The normalized spacial score (nSPS) is 10.3. The lowest BCUT2D eigenvalue weighted by atomic mass is 10.1. The number of para-hydroxylation sites is 1. The predicted molar refractivity (Wildman–Crippen MR) is 103 cm³/mol. The fraction of sp³-hybridized carbons (Fsp3) is 0.150. The summed E-state index contributed by atoms with van der Waals surface area (Å²) in [6.07, 6.45) is 5.21. The lowest BCUT2D eigenvalue weighted by molar-refractivity contribution is 0.0950. The van der Waals surface area contributed by atoms with Crippen LogP contribution in [0.4, 0.5) is 9.18 Å². The summed E-state index contributed by atoms with van der Waals surface area (Å²) in [5.74, 6) is -1.10. The molecular formula is C20H20FN5O2. The average molecular weight is 381 g/mol. The van der Waals surface area contributed by atoms with Crippen LogP contribution in [0.15, 0.2) is 67.3 Å². The third-order valence-corrected chi connectivity index (χ3v) is 4.03. The first kappa shape index (κ1) is 19.1. The van der Waals surface area contributed by atoms with Gasteiger partial charge in [0.25, 0.3) is 5.91 Å². The van der Waals surface area contributed by atoms with Crippen molar-refractivity contribution >= 4 is 11.9 Å². The van der Waals surface area contributed by atoms with Crippen molar-refractivity contribution < 1.29 is 14.0 Å². The lowest BCUT2D eigenvalue weighted by Gasteiger charge is -2.12. The number of carbonyl (C=O) groups is 2. The van der Waals surface area contributed by atoms with E-state index in [9.17, 15) is 14.0 Å². The van der Waals surface area contributed by atoms with Crippen LogP contribution in [0, 0.1) is 5.82 Å². The largest absolute Gasteiger partial charge is 0.350 e. The van der Waals surface area contributed by atoms with Gasteiger partial charge in [0, 0.05) is 32.0 Å². The molecule has 0 aliphatic carbocycles. The van der Waals surface area contributed by atoms with Crippen LogP contribution >= 0.6 is 0 Å². The second-order valence-electron chi connectivity index (χ2n) is 5.94. The Bertz CT molecular complexity index is 943. The van der Waals surface area contributed by atoms with Crippen LogP contribution in [-0.4, -0.2) is 34.6 Å². The summed E-state index contributed by atoms with van der Waals surface area (Å²) in [6.45, 7) is 0.739. The van der Waals surface area contributed by atoms with Gasteiger partial charge in [0.05, 0.1) is 17.6 Å². The van der Waals surface area contributed by atoms with Crippen LogP contribution in [0.2, 0.25) is 0 Å². The maximum atomic E-state index is 13.5. The zero-order valence-electron chi connectivity index (χ0n) is 15.1. The first-order chi connectivity index (χ1) is 13.6. The number of aromatic nitrogens is 2. The Hall–Kier alpha value is -3.68. The monoisotopic (exact) mass is 381 g/mol. The van der Waals surface area contributed by atoms with E-state index < -0.39 is 11.7 Å². The van der Waals surface area contributed by atoms with Gasteiger partial charge in [-0.15, -0.1) is 0 Å². The van der Waals surface area contributed by atoms with Gasteiger partial charge in [-0.05, 0) is 23.8 Å². The third-order valence-electron chi connectivity index (χ3n) is 4.03. The SMILES string of the molecule is O=C(NCCNC(=O)c1ccccc1F)NCc1ccccc1-n1ccnc1. The highest BCUT2D eigenvalue weighted by Crippen LogP contribution is 2.13. The minimum Gasteiger partial charge on any atom is -0.350 e. The number of hydrogen-bond donors (Lipinski definition) is 3. The van der Waals surface area contributed by atoms with Gasteiger partial charge >= 0.3 is 6.03 Å². The highest BCUT2D eigenvalue weighted by Gasteiger charge is 2.10. The Morgan fingerprint density at radius 2 is 1.71 bits per heavy atom. The van der Waals surface area contributed by atoms with Gasteiger partial charge in [0.1, 0.15) is 5.82 Å². The van der Waals surface area contributed by atoms with Crippen molar-refractivity contribution in [2.24, 2.45) is 0 Å². The van der Waals surface area contributed by atoms with Crippen LogP contribution in [0.25, 0.3) is 5.69 Å². The average Bonchev–Trinajstić information content (AvgIpc) is 3.25. The topological polar surface area (TPSA) is 88.0 Å². The molecule has 0 saturated carbocycles. The Balaban J connectivity index is 1.42. The van der Waals surface area contributed by atoms with E-state index in [-0.39, 0.29) is 24.7 Å². The molecule has 0 saturated heterocycles. The second-order valence-corrected chi connectivity index (χ2v) is 5.94. The van der Waals surface area contributed by atoms with Gasteiger partial charge in [-0.1, -0.05) is 30.3 Å². The van der Waals surface area contributed by atoms with E-state index >= 15 is 0 Å². The smallest absolute Gasteiger partial charge is 0.315 e. The highest BCUT2D eigenvalue weighted by molar-refractivity contribution is 5.94. The van der Waals surface area contributed by atoms with Crippen LogP contribution in [0.3, 0.4) is 0 Å². The van der Waals surface area contributed by atoms with E-state index in [1.165, 1.54) is 18.2 Å². The number of benzene rings is 2. The van der Waals surface area contributed by atoms with Crippen molar-refractivity contribution in [2.45, 2.75) is 6.54 Å². The van der Waals surface area contributed by atoms with Gasteiger partial charge < -0.3 is 20.5 Å². The van der Waals surface area contributed by atoms with Crippen LogP contribution in [0.1, 0.15) is 15.9 Å². The van der Waals surface area contributed by atoms with Crippen molar-refractivity contribution in [3.8, 4) is 5.69 Å². The van der Waals surface area contributed by atoms with E-state index in [0.717, 1.165) is 11.3 Å². The number of amides is 3. The molecule has 0 unspecified atom stereocenters. The van der Waals surface area contributed by atoms with Gasteiger partial charge in [0.15, 0.2) is 0 Å². The minimum absolute atomic E-state index is 0.0249. The van der Waals surface area contributed by atoms with Crippen LogP contribution < -0.4 is 16.0 Å². The Labute approximate surface area is 161 Å². The molecule has 8 heteroatoms. The van der Waals surface area contributed by atoms with E-state index in [4.69, 9.17) is 0 Å². The first-order valence-corrected chi connectivity index (χ1v) is 8.76. The number of hydrogen-bond acceptors (Lipinski definition) is 3. The van der Waals surface area contributed by atoms with Gasteiger partial charge in [-0.2, -0.15) is 0 Å². The maximum absolute atomic E-state index is 13.5. The lowest BCUT2D eigenvalue weighted by Crippen LogP contribution is -2.40. The Morgan fingerprint density at radius 3 is 2.50 bits per heavy atom. The molecule has 0 radical (unpaired) electrons. The van der Waals surface area contributed by atoms with Crippen LogP contribution in [0.5, 0.6) is 0 Å². The minimum atomic E-state index is -0.581. The summed E-state index contributed by atoms with van der Waals surface area (Å²) >= 11 is 0. The fourth-order valence-electron chi connectivity index (χ4n) is 2.64. The van der Waals surface area contributed by atoms with E-state index in [0.29, 0.717) is 6.54 Å². The molecule has 3 N–H and O–H groups in total. The Morgan fingerprint density at radius 1 is 0.964 bits per heavy atom. The van der Waals surface area contributed by atoms with Gasteiger partial charge in [0.2, 0.25) is 0 Å². The van der Waals surface area contributed by atoms with E-state index in [1.54, 1.807) is 18.6 Å². The third kappa shape index (κ3) is 4.94. The molecule has 0 spiro atoms. The molecule has 0 atom stereocenters. The summed E-state index contributed by atoms with van der Waals surface area (Å²) in [5.41, 5.74) is 1.84. The summed E-state index contributed by atoms with van der Waals surface area (Å²) < 4.78 is 15.4. The number of rotatable bonds is 7. The van der Waals surface area contributed by atoms with Crippen molar-refractivity contribution in [1.82, 2.24) is 25.5 Å². The molecule has 3 rings (SSSR count). The van der Waals surface area contributed by atoms with E-state index in [1.807, 2.05) is 35.0 Å². The molecular weight excluding hydrogens is 361 g/mol. The molecule has 2 aromatic carbocycles. The summed E-state index contributed by atoms with van der Waals surface area (Å²) in [6, 6.07) is 13.0. The quantitative estimate of drug-likeness (QED) is 0.549. The number of nitrogens with one attached hydrogen (secondary N) is 3. The van der Waals surface area contributed by atoms with Gasteiger partial charge in [-0.25, -0.2) is 14.2 Å². The van der Waals surface area contributed by atoms with E-state index in [2.05, 4.69) is 20.9 Å². The molecule has 7 nitrogen and oxygen atoms in total. The molecule has 0 bridgehead atoms. The molecule has 28 heavy (non-hydrogen) atoms. The highest BCUT2D eigenvalue weighted by atomic mass is 19.1. The van der Waals surface area contributed by atoms with Crippen molar-refractivity contribution in [1.29, 1.82) is 0 Å². The summed E-state index contributed by atoms with van der Waals surface area (Å²) in [5, 5.41) is 7.99. The second kappa shape index (κ2) is 9.31. The number of nitrogens with zero attached hydrogens (tertiary/aromatic N) is 2. The summed E-state index contributed by atoms with van der Waals surface area (Å²) in [4.78, 5) is 27.9. The molecule has 144 valence electrons. The van der Waals surface area contributed by atoms with Crippen molar-refractivity contribution in [3.05, 3.63) is 84.2 Å². The number of carbonyl (C=O) groups excluding carboxylic acids is 2. The molecule has 0 aliphatic rings. The molecule has 3 aromatic rings. The molecule has 0 aliphatic heterocycles. The zero-order valence-corrected chi connectivity index (χ0v) is 15.1. The van der Waals surface area contributed by atoms with Crippen molar-refractivity contribution in [2.75, 3.05) is 13.1 Å². The van der Waals surface area contributed by atoms with Crippen LogP contribution in [-0.2, 0) is 6.54 Å². The van der Waals surface area contributed by atoms with Gasteiger partial charge in [-0.3, -0.25) is 4.79 Å². The number of urea groups is 1. The number of halogens is 1. The molecule has 1 aromatic heterocycles. The molecule has 1 heterocycles. The molecule has 0 fully saturated rings. The first-order valence-electron chi connectivity index (χ1n) is 8.76.